The number of rotatable bonds is 5. The molecule has 128 valence electrons. The van der Waals surface area contributed by atoms with Gasteiger partial charge in [0.25, 0.3) is 0 Å². The highest BCUT2D eigenvalue weighted by molar-refractivity contribution is 5.62. The van der Waals surface area contributed by atoms with E-state index in [2.05, 4.69) is 28.1 Å². The summed E-state index contributed by atoms with van der Waals surface area (Å²) < 4.78 is 7.05. The molecule has 0 atom stereocenters. The zero-order chi connectivity index (χ0) is 17.2. The van der Waals surface area contributed by atoms with Crippen molar-refractivity contribution in [2.75, 3.05) is 32.2 Å². The number of anilines is 1. The normalized spacial score (nSPS) is 13.3. The lowest BCUT2D eigenvalue weighted by atomic mass is 10.2. The van der Waals surface area contributed by atoms with Crippen LogP contribution in [0, 0.1) is 0 Å². The number of nitrogens with zero attached hydrogens (tertiary/aromatic N) is 6. The van der Waals surface area contributed by atoms with Crippen LogP contribution in [0.5, 0.6) is 0 Å². The monoisotopic (exact) mass is 336 g/mol. The van der Waals surface area contributed by atoms with Gasteiger partial charge in [0, 0.05) is 26.9 Å². The van der Waals surface area contributed by atoms with Gasteiger partial charge < -0.3 is 9.64 Å². The predicted octanol–water partition coefficient (Wildman–Crippen LogP) is 2.04. The Morgan fingerprint density at radius 1 is 1.12 bits per heavy atom. The molecule has 25 heavy (non-hydrogen) atoms. The minimum atomic E-state index is 0.558. The minimum Gasteiger partial charge on any atom is -0.383 e. The summed E-state index contributed by atoms with van der Waals surface area (Å²) in [5, 5.41) is 4.62. The van der Waals surface area contributed by atoms with Crippen molar-refractivity contribution in [2.45, 2.75) is 13.0 Å². The van der Waals surface area contributed by atoms with Crippen LogP contribution in [-0.2, 0) is 17.7 Å². The van der Waals surface area contributed by atoms with Crippen LogP contribution in [-0.4, -0.2) is 52.0 Å². The Kier molecular flexibility index (Phi) is 4.15. The van der Waals surface area contributed by atoms with E-state index in [0.29, 0.717) is 19.0 Å². The lowest BCUT2D eigenvalue weighted by molar-refractivity contribution is 0.184. The number of methoxy groups -OCH3 is 1. The number of likely N-dealkylation sites (N-methyl/N-ethyl adjacent to an activating group) is 1. The van der Waals surface area contributed by atoms with E-state index in [-0.39, 0.29) is 0 Å². The summed E-state index contributed by atoms with van der Waals surface area (Å²) in [7, 11) is 3.75. The average molecular weight is 336 g/mol. The molecule has 7 heteroatoms. The highest BCUT2D eigenvalue weighted by Gasteiger charge is 2.21. The van der Waals surface area contributed by atoms with Crippen LogP contribution in [0.2, 0.25) is 0 Å². The van der Waals surface area contributed by atoms with Crippen molar-refractivity contribution in [3.05, 3.63) is 42.1 Å². The predicted molar refractivity (Wildman–Crippen MR) is 95.3 cm³/mol. The Hall–Kier alpha value is -2.80. The molecule has 0 unspecified atom stereocenters. The van der Waals surface area contributed by atoms with Crippen molar-refractivity contribution in [3.8, 4) is 23.0 Å². The second kappa shape index (κ2) is 6.60. The summed E-state index contributed by atoms with van der Waals surface area (Å²) in [4.78, 5) is 16.1. The van der Waals surface area contributed by atoms with Crippen molar-refractivity contribution in [2.24, 2.45) is 0 Å². The van der Waals surface area contributed by atoms with E-state index in [1.54, 1.807) is 13.3 Å². The first-order valence-electron chi connectivity index (χ1n) is 8.33. The average Bonchev–Trinajstić information content (AvgIpc) is 3.24. The minimum absolute atomic E-state index is 0.558. The Balaban J connectivity index is 1.77. The highest BCUT2D eigenvalue weighted by atomic mass is 16.5. The summed E-state index contributed by atoms with van der Waals surface area (Å²) in [6.07, 6.45) is 2.78. The standard InChI is InChI=1S/C18H20N6O/c1-23-10-8-13-6-7-15(20-17(13)23)18-21-16(14-5-3-4-9-19-14)22-24(18)11-12-25-2/h3-7,9H,8,10-12H2,1-2H3. The molecule has 0 fully saturated rings. The molecular formula is C18H20N6O. The fourth-order valence-corrected chi connectivity index (χ4v) is 2.99. The maximum absolute atomic E-state index is 5.21. The lowest BCUT2D eigenvalue weighted by Crippen LogP contribution is -2.14. The number of hydrogen-bond donors (Lipinski definition) is 0. The molecule has 0 N–H and O–H groups in total. The van der Waals surface area contributed by atoms with Gasteiger partial charge in [-0.25, -0.2) is 14.6 Å². The van der Waals surface area contributed by atoms with Gasteiger partial charge in [0.2, 0.25) is 0 Å². The van der Waals surface area contributed by atoms with Crippen LogP contribution < -0.4 is 4.90 Å². The van der Waals surface area contributed by atoms with Gasteiger partial charge in [-0.05, 0) is 30.2 Å². The number of hydrogen-bond acceptors (Lipinski definition) is 6. The van der Waals surface area contributed by atoms with E-state index in [9.17, 15) is 0 Å². The van der Waals surface area contributed by atoms with Crippen LogP contribution in [0.15, 0.2) is 36.5 Å². The van der Waals surface area contributed by atoms with E-state index >= 15 is 0 Å². The summed E-state index contributed by atoms with van der Waals surface area (Å²) in [6, 6.07) is 9.87. The van der Waals surface area contributed by atoms with E-state index in [0.717, 1.165) is 36.0 Å². The molecule has 0 saturated carbocycles. The molecule has 0 spiro atoms. The Bertz CT molecular complexity index is 877. The molecule has 7 nitrogen and oxygen atoms in total. The van der Waals surface area contributed by atoms with Crippen molar-refractivity contribution in [1.29, 1.82) is 0 Å². The molecule has 0 saturated heterocycles. The van der Waals surface area contributed by atoms with Gasteiger partial charge in [-0.2, -0.15) is 0 Å². The molecule has 1 aliphatic rings. The van der Waals surface area contributed by atoms with Gasteiger partial charge in [0.05, 0.1) is 13.2 Å². The smallest absolute Gasteiger partial charge is 0.200 e. The first-order valence-corrected chi connectivity index (χ1v) is 8.33. The molecule has 0 aromatic carbocycles. The van der Waals surface area contributed by atoms with Gasteiger partial charge in [0.1, 0.15) is 17.2 Å². The first kappa shape index (κ1) is 15.7. The van der Waals surface area contributed by atoms with E-state index in [1.165, 1.54) is 5.56 Å². The fraction of sp³-hybridized carbons (Fsp3) is 0.333. The number of aromatic nitrogens is 5. The van der Waals surface area contributed by atoms with Crippen LogP contribution >= 0.6 is 0 Å². The summed E-state index contributed by atoms with van der Waals surface area (Å²) in [6.45, 7) is 2.17. The van der Waals surface area contributed by atoms with Gasteiger partial charge in [-0.3, -0.25) is 4.98 Å². The fourth-order valence-electron chi connectivity index (χ4n) is 2.99. The zero-order valence-corrected chi connectivity index (χ0v) is 14.4. The molecular weight excluding hydrogens is 316 g/mol. The summed E-state index contributed by atoms with van der Waals surface area (Å²) in [5.41, 5.74) is 2.84. The van der Waals surface area contributed by atoms with Crippen molar-refractivity contribution >= 4 is 5.82 Å². The third-order valence-electron chi connectivity index (χ3n) is 4.34. The van der Waals surface area contributed by atoms with Crippen molar-refractivity contribution < 1.29 is 4.74 Å². The Morgan fingerprint density at radius 2 is 2.04 bits per heavy atom. The van der Waals surface area contributed by atoms with E-state index in [1.807, 2.05) is 28.9 Å². The quantitative estimate of drug-likeness (QED) is 0.710. The van der Waals surface area contributed by atoms with Crippen LogP contribution in [0.25, 0.3) is 23.0 Å². The molecule has 0 bridgehead atoms. The van der Waals surface area contributed by atoms with Crippen LogP contribution in [0.4, 0.5) is 5.82 Å². The molecule has 4 rings (SSSR count). The van der Waals surface area contributed by atoms with Crippen molar-refractivity contribution in [1.82, 2.24) is 24.7 Å². The van der Waals surface area contributed by atoms with Gasteiger partial charge in [-0.1, -0.05) is 12.1 Å². The van der Waals surface area contributed by atoms with Gasteiger partial charge >= 0.3 is 0 Å². The second-order valence-corrected chi connectivity index (χ2v) is 6.04. The van der Waals surface area contributed by atoms with E-state index in [4.69, 9.17) is 14.7 Å². The number of ether oxygens (including phenoxy) is 1. The molecule has 0 radical (unpaired) electrons. The molecule has 0 amide bonds. The molecule has 3 aromatic rings. The Labute approximate surface area is 146 Å². The third-order valence-corrected chi connectivity index (χ3v) is 4.34. The van der Waals surface area contributed by atoms with E-state index < -0.39 is 0 Å². The summed E-state index contributed by atoms with van der Waals surface area (Å²) >= 11 is 0. The second-order valence-electron chi connectivity index (χ2n) is 6.04. The third kappa shape index (κ3) is 2.98. The molecule has 3 aromatic heterocycles. The topological polar surface area (TPSA) is 69.0 Å². The van der Waals surface area contributed by atoms with Gasteiger partial charge in [-0.15, -0.1) is 5.10 Å². The molecule has 1 aliphatic heterocycles. The first-order chi connectivity index (χ1) is 12.3. The number of pyridine rings is 2. The van der Waals surface area contributed by atoms with Gasteiger partial charge in [0.15, 0.2) is 11.6 Å². The van der Waals surface area contributed by atoms with Crippen molar-refractivity contribution in [3.63, 3.8) is 0 Å². The van der Waals surface area contributed by atoms with Crippen LogP contribution in [0.1, 0.15) is 5.56 Å². The zero-order valence-electron chi connectivity index (χ0n) is 14.4. The molecule has 0 aliphatic carbocycles. The SMILES string of the molecule is COCCn1nc(-c2ccccn2)nc1-c1ccc2c(n1)N(C)CC2. The van der Waals surface area contributed by atoms with Crippen LogP contribution in [0.3, 0.4) is 0 Å². The maximum atomic E-state index is 5.21. The highest BCUT2D eigenvalue weighted by Crippen LogP contribution is 2.28. The lowest BCUT2D eigenvalue weighted by Gasteiger charge is -2.12. The largest absolute Gasteiger partial charge is 0.383 e. The summed E-state index contributed by atoms with van der Waals surface area (Å²) in [5.74, 6) is 2.36. The molecule has 4 heterocycles. The Morgan fingerprint density at radius 3 is 2.84 bits per heavy atom. The number of fused-ring (bicyclic) bond motifs is 1. The maximum Gasteiger partial charge on any atom is 0.200 e.